The largest absolute Gasteiger partial charge is 0.403 e. The second kappa shape index (κ2) is 5.82. The van der Waals surface area contributed by atoms with Gasteiger partial charge in [-0.2, -0.15) is 9.99 Å². The van der Waals surface area contributed by atoms with Crippen molar-refractivity contribution in [2.24, 2.45) is 0 Å². The van der Waals surface area contributed by atoms with Crippen LogP contribution in [0.5, 0.6) is 0 Å². The van der Waals surface area contributed by atoms with E-state index < -0.39 is 0 Å². The fourth-order valence-electron chi connectivity index (χ4n) is 1.96. The van der Waals surface area contributed by atoms with E-state index in [1.807, 2.05) is 6.07 Å². The average molecular weight is 377 g/mol. The van der Waals surface area contributed by atoms with Crippen LogP contribution in [0.15, 0.2) is 51.6 Å². The number of halogens is 1. The molecule has 3 aromatic rings. The highest BCUT2D eigenvalue weighted by Gasteiger charge is 2.17. The van der Waals surface area contributed by atoms with Gasteiger partial charge in [0.1, 0.15) is 6.61 Å². The van der Waals surface area contributed by atoms with E-state index in [1.165, 1.54) is 0 Å². The summed E-state index contributed by atoms with van der Waals surface area (Å²) in [5.74, 6) is 1.29. The third kappa shape index (κ3) is 2.81. The molecular formula is C13H9BrN6O3. The van der Waals surface area contributed by atoms with E-state index >= 15 is 0 Å². The van der Waals surface area contributed by atoms with Crippen LogP contribution in [-0.2, 0) is 9.78 Å². The van der Waals surface area contributed by atoms with Crippen molar-refractivity contribution in [2.75, 3.05) is 11.9 Å². The third-order valence-corrected chi connectivity index (χ3v) is 3.34. The summed E-state index contributed by atoms with van der Waals surface area (Å²) in [5, 5.41) is 15.0. The van der Waals surface area contributed by atoms with Gasteiger partial charge in [-0.25, -0.2) is 9.67 Å². The molecule has 0 aliphatic carbocycles. The van der Waals surface area contributed by atoms with Gasteiger partial charge in [0.15, 0.2) is 5.82 Å². The van der Waals surface area contributed by atoms with Crippen molar-refractivity contribution in [1.29, 1.82) is 0 Å². The smallest absolute Gasteiger partial charge is 0.322 e. The molecule has 0 saturated heterocycles. The van der Waals surface area contributed by atoms with Crippen molar-refractivity contribution in [1.82, 2.24) is 25.0 Å². The zero-order chi connectivity index (χ0) is 15.6. The molecule has 3 aromatic heterocycles. The summed E-state index contributed by atoms with van der Waals surface area (Å²) in [5.41, 5.74) is 0.654. The number of aromatic nitrogens is 5. The van der Waals surface area contributed by atoms with Crippen molar-refractivity contribution in [3.05, 3.63) is 47.2 Å². The molecule has 0 amide bonds. The summed E-state index contributed by atoms with van der Waals surface area (Å²) in [4.78, 5) is 13.9. The zero-order valence-corrected chi connectivity index (χ0v) is 13.1. The topological polar surface area (TPSA) is 100 Å². The van der Waals surface area contributed by atoms with Gasteiger partial charge in [0.25, 0.3) is 5.89 Å². The predicted octanol–water partition coefficient (Wildman–Crippen LogP) is 2.29. The normalized spacial score (nSPS) is 13.7. The highest BCUT2D eigenvalue weighted by atomic mass is 79.9. The quantitative estimate of drug-likeness (QED) is 0.692. The SMILES string of the molecule is Brc1cnn(-c2ncccc2-c2nnc(NC3=CCOO3)o2)c1. The molecule has 0 spiro atoms. The van der Waals surface area contributed by atoms with E-state index in [9.17, 15) is 0 Å². The number of pyridine rings is 1. The van der Waals surface area contributed by atoms with Crippen molar-refractivity contribution in [3.63, 3.8) is 0 Å². The first-order valence-electron chi connectivity index (χ1n) is 6.56. The Morgan fingerprint density at radius 1 is 1.30 bits per heavy atom. The molecule has 4 rings (SSSR count). The lowest BCUT2D eigenvalue weighted by Crippen LogP contribution is -2.00. The molecule has 0 radical (unpaired) electrons. The maximum atomic E-state index is 5.60. The molecule has 0 aromatic carbocycles. The van der Waals surface area contributed by atoms with Crippen LogP contribution in [-0.4, -0.2) is 31.6 Å². The van der Waals surface area contributed by atoms with Crippen LogP contribution < -0.4 is 5.32 Å². The molecule has 10 heteroatoms. The molecule has 23 heavy (non-hydrogen) atoms. The van der Waals surface area contributed by atoms with E-state index in [0.29, 0.717) is 29.8 Å². The van der Waals surface area contributed by atoms with Crippen LogP contribution in [0, 0.1) is 0 Å². The van der Waals surface area contributed by atoms with Crippen molar-refractivity contribution in [3.8, 4) is 17.3 Å². The molecule has 116 valence electrons. The van der Waals surface area contributed by atoms with Crippen LogP contribution >= 0.6 is 15.9 Å². The Bertz CT molecular complexity index is 874. The van der Waals surface area contributed by atoms with Gasteiger partial charge in [-0.3, -0.25) is 5.32 Å². The van der Waals surface area contributed by atoms with Crippen molar-refractivity contribution in [2.45, 2.75) is 0 Å². The van der Waals surface area contributed by atoms with E-state index in [2.05, 4.69) is 41.5 Å². The Morgan fingerprint density at radius 3 is 3.04 bits per heavy atom. The Hall–Kier alpha value is -2.72. The molecule has 1 aliphatic heterocycles. The van der Waals surface area contributed by atoms with E-state index in [-0.39, 0.29) is 6.01 Å². The second-order valence-corrected chi connectivity index (χ2v) is 5.37. The Morgan fingerprint density at radius 2 is 2.26 bits per heavy atom. The minimum absolute atomic E-state index is 0.188. The summed E-state index contributed by atoms with van der Waals surface area (Å²) in [6, 6.07) is 3.79. The van der Waals surface area contributed by atoms with Gasteiger partial charge in [0.05, 0.1) is 16.2 Å². The van der Waals surface area contributed by atoms with Gasteiger partial charge < -0.3 is 9.30 Å². The standard InChI is InChI=1S/C13H9BrN6O3/c14-8-6-16-20(7-8)11-9(2-1-4-15-11)12-18-19-13(22-12)17-10-3-5-21-23-10/h1-4,6-7H,5H2,(H,17,19). The van der Waals surface area contributed by atoms with Gasteiger partial charge >= 0.3 is 6.01 Å². The van der Waals surface area contributed by atoms with E-state index in [4.69, 9.17) is 14.2 Å². The second-order valence-electron chi connectivity index (χ2n) is 4.45. The molecule has 0 saturated carbocycles. The maximum Gasteiger partial charge on any atom is 0.322 e. The highest BCUT2D eigenvalue weighted by Crippen LogP contribution is 2.26. The van der Waals surface area contributed by atoms with E-state index in [1.54, 1.807) is 35.4 Å². The zero-order valence-electron chi connectivity index (χ0n) is 11.5. The van der Waals surface area contributed by atoms with Crippen molar-refractivity contribution >= 4 is 21.9 Å². The minimum atomic E-state index is 0.188. The Kier molecular flexibility index (Phi) is 3.52. The summed E-state index contributed by atoms with van der Waals surface area (Å²) >= 11 is 3.36. The first kappa shape index (κ1) is 13.9. The number of hydrogen-bond acceptors (Lipinski definition) is 8. The van der Waals surface area contributed by atoms with Crippen LogP contribution in [0.3, 0.4) is 0 Å². The molecule has 0 bridgehead atoms. The average Bonchev–Trinajstić information content (AvgIpc) is 3.30. The van der Waals surface area contributed by atoms with Crippen LogP contribution in [0.2, 0.25) is 0 Å². The summed E-state index contributed by atoms with van der Waals surface area (Å²) < 4.78 is 8.06. The molecular weight excluding hydrogens is 368 g/mol. The monoisotopic (exact) mass is 376 g/mol. The van der Waals surface area contributed by atoms with Gasteiger partial charge in [-0.1, -0.05) is 5.10 Å². The fourth-order valence-corrected chi connectivity index (χ4v) is 2.25. The molecule has 0 fully saturated rings. The van der Waals surface area contributed by atoms with Gasteiger partial charge in [-0.15, -0.1) is 5.10 Å². The summed E-state index contributed by atoms with van der Waals surface area (Å²) in [7, 11) is 0. The lowest BCUT2D eigenvalue weighted by atomic mass is 10.2. The maximum absolute atomic E-state index is 5.60. The third-order valence-electron chi connectivity index (χ3n) is 2.93. The fraction of sp³-hybridized carbons (Fsp3) is 0.0769. The predicted molar refractivity (Wildman–Crippen MR) is 81.1 cm³/mol. The summed E-state index contributed by atoms with van der Waals surface area (Å²) in [6.45, 7) is 0.365. The first-order chi connectivity index (χ1) is 11.3. The molecule has 4 heterocycles. The molecule has 1 N–H and O–H groups in total. The lowest BCUT2D eigenvalue weighted by Gasteiger charge is -2.04. The number of rotatable bonds is 4. The van der Waals surface area contributed by atoms with Crippen LogP contribution in [0.4, 0.5) is 6.01 Å². The Labute approximate surface area is 138 Å². The molecule has 0 unspecified atom stereocenters. The van der Waals surface area contributed by atoms with Gasteiger partial charge in [0.2, 0.25) is 5.88 Å². The highest BCUT2D eigenvalue weighted by molar-refractivity contribution is 9.10. The van der Waals surface area contributed by atoms with Gasteiger partial charge in [-0.05, 0) is 28.1 Å². The Balaban J connectivity index is 1.67. The van der Waals surface area contributed by atoms with E-state index in [0.717, 1.165) is 4.47 Å². The summed E-state index contributed by atoms with van der Waals surface area (Å²) in [6.07, 6.45) is 6.83. The number of nitrogens with one attached hydrogen (secondary N) is 1. The van der Waals surface area contributed by atoms with Gasteiger partial charge in [0, 0.05) is 18.5 Å². The number of anilines is 1. The van der Waals surface area contributed by atoms with Crippen LogP contribution in [0.25, 0.3) is 17.3 Å². The molecule has 9 nitrogen and oxygen atoms in total. The van der Waals surface area contributed by atoms with Crippen molar-refractivity contribution < 1.29 is 14.2 Å². The first-order valence-corrected chi connectivity index (χ1v) is 7.35. The molecule has 1 aliphatic rings. The van der Waals surface area contributed by atoms with Crippen LogP contribution in [0.1, 0.15) is 0 Å². The number of hydrogen-bond donors (Lipinski definition) is 1. The number of nitrogens with zero attached hydrogens (tertiary/aromatic N) is 5. The lowest BCUT2D eigenvalue weighted by molar-refractivity contribution is -0.232. The minimum Gasteiger partial charge on any atom is -0.403 e. The molecule has 0 atom stereocenters.